The number of hydrogen-bond acceptors (Lipinski definition) is 6. The third-order valence-corrected chi connectivity index (χ3v) is 12.2. The van der Waals surface area contributed by atoms with E-state index in [9.17, 15) is 0 Å². The SMILES string of the molecule is CCN1CC(C)[O][Sn]2([O]C(C)C1)[O]C(C)CN(CC)CC(C)[O]2. The number of rotatable bonds is 2. The van der Waals surface area contributed by atoms with Crippen molar-refractivity contribution in [1.29, 1.82) is 0 Å². The van der Waals surface area contributed by atoms with Crippen LogP contribution in [-0.4, -0.2) is 93.5 Å². The van der Waals surface area contributed by atoms with Gasteiger partial charge in [-0.2, -0.15) is 0 Å². The average molecular weight is 437 g/mol. The van der Waals surface area contributed by atoms with Crippen LogP contribution in [0.4, 0.5) is 0 Å². The Labute approximate surface area is 147 Å². The van der Waals surface area contributed by atoms with Gasteiger partial charge in [-0.25, -0.2) is 0 Å². The van der Waals surface area contributed by atoms with Crippen molar-refractivity contribution in [2.24, 2.45) is 0 Å². The number of hydrogen-bond donors (Lipinski definition) is 0. The van der Waals surface area contributed by atoms with Crippen LogP contribution in [0.5, 0.6) is 0 Å². The third kappa shape index (κ3) is 5.80. The van der Waals surface area contributed by atoms with Crippen LogP contribution in [0.1, 0.15) is 41.5 Å². The maximum absolute atomic E-state index is 6.35. The minimum absolute atomic E-state index is 0.0688. The molecule has 4 atom stereocenters. The molecule has 0 amide bonds. The predicted molar refractivity (Wildman–Crippen MR) is 92.2 cm³/mol. The first-order valence-electron chi connectivity index (χ1n) is 9.01. The summed E-state index contributed by atoms with van der Waals surface area (Å²) >= 11 is -4.01. The topological polar surface area (TPSA) is 43.4 Å². The summed E-state index contributed by atoms with van der Waals surface area (Å²) < 4.78 is 25.4. The molecule has 0 aromatic rings. The molecule has 0 N–H and O–H groups in total. The molecule has 2 saturated heterocycles. The zero-order valence-electron chi connectivity index (χ0n) is 15.6. The molecule has 2 rings (SSSR count). The molecule has 2 aliphatic heterocycles. The van der Waals surface area contributed by atoms with Crippen LogP contribution in [0.25, 0.3) is 0 Å². The van der Waals surface area contributed by atoms with E-state index >= 15 is 0 Å². The van der Waals surface area contributed by atoms with E-state index in [2.05, 4.69) is 51.3 Å². The van der Waals surface area contributed by atoms with Crippen molar-refractivity contribution in [3.63, 3.8) is 0 Å². The molecule has 0 saturated carbocycles. The van der Waals surface area contributed by atoms with Crippen molar-refractivity contribution in [1.82, 2.24) is 9.80 Å². The van der Waals surface area contributed by atoms with Gasteiger partial charge in [0.25, 0.3) is 0 Å². The third-order valence-electron chi connectivity index (χ3n) is 4.34. The normalized spacial score (nSPS) is 42.0. The summed E-state index contributed by atoms with van der Waals surface area (Å²) in [6, 6.07) is 0. The molecular weight excluding hydrogens is 403 g/mol. The van der Waals surface area contributed by atoms with Gasteiger partial charge < -0.3 is 0 Å². The van der Waals surface area contributed by atoms with Gasteiger partial charge in [0.2, 0.25) is 0 Å². The molecule has 136 valence electrons. The summed E-state index contributed by atoms with van der Waals surface area (Å²) in [5.74, 6) is 0. The van der Waals surface area contributed by atoms with Crippen LogP contribution in [0.15, 0.2) is 0 Å². The minimum atomic E-state index is -4.01. The number of nitrogens with zero attached hydrogens (tertiary/aromatic N) is 2. The van der Waals surface area contributed by atoms with Crippen LogP contribution in [0.3, 0.4) is 0 Å². The molecule has 0 aromatic carbocycles. The molecule has 2 heterocycles. The maximum atomic E-state index is 6.35. The van der Waals surface area contributed by atoms with Crippen molar-refractivity contribution >= 4 is 20.0 Å². The molecule has 23 heavy (non-hydrogen) atoms. The quantitative estimate of drug-likeness (QED) is 0.614. The van der Waals surface area contributed by atoms with Crippen molar-refractivity contribution < 1.29 is 12.3 Å². The Morgan fingerprint density at radius 2 is 0.913 bits per heavy atom. The first-order valence-corrected chi connectivity index (χ1v) is 13.7. The summed E-state index contributed by atoms with van der Waals surface area (Å²) in [5, 5.41) is 0. The van der Waals surface area contributed by atoms with Crippen molar-refractivity contribution in [3.05, 3.63) is 0 Å². The van der Waals surface area contributed by atoms with E-state index in [1.165, 1.54) is 0 Å². The second-order valence-electron chi connectivity index (χ2n) is 6.92. The Morgan fingerprint density at radius 1 is 0.652 bits per heavy atom. The molecule has 1 spiro atoms. The number of likely N-dealkylation sites (N-methyl/N-ethyl adjacent to an activating group) is 2. The van der Waals surface area contributed by atoms with E-state index in [1.54, 1.807) is 0 Å². The van der Waals surface area contributed by atoms with Gasteiger partial charge in [0.1, 0.15) is 0 Å². The van der Waals surface area contributed by atoms with Gasteiger partial charge in [-0.05, 0) is 0 Å². The van der Waals surface area contributed by atoms with E-state index < -0.39 is 20.0 Å². The Hall–Kier alpha value is 0.559. The summed E-state index contributed by atoms with van der Waals surface area (Å²) in [6.45, 7) is 18.4. The van der Waals surface area contributed by atoms with Crippen LogP contribution in [0, 0.1) is 0 Å². The second-order valence-corrected chi connectivity index (χ2v) is 12.5. The summed E-state index contributed by atoms with van der Waals surface area (Å²) in [6.07, 6.45) is 0.275. The van der Waals surface area contributed by atoms with Crippen LogP contribution in [0.2, 0.25) is 0 Å². The second kappa shape index (κ2) is 8.78. The zero-order valence-corrected chi connectivity index (χ0v) is 18.4. The van der Waals surface area contributed by atoms with Gasteiger partial charge in [0, 0.05) is 0 Å². The Bertz CT molecular complexity index is 308. The molecule has 0 bridgehead atoms. The van der Waals surface area contributed by atoms with Gasteiger partial charge in [-0.1, -0.05) is 0 Å². The van der Waals surface area contributed by atoms with E-state index in [4.69, 9.17) is 12.3 Å². The fourth-order valence-electron chi connectivity index (χ4n) is 3.42. The molecular formula is C16H34N2O4Sn. The van der Waals surface area contributed by atoms with E-state index in [0.29, 0.717) is 0 Å². The molecule has 2 fully saturated rings. The van der Waals surface area contributed by atoms with E-state index in [1.807, 2.05) is 0 Å². The molecule has 0 aromatic heterocycles. The average Bonchev–Trinajstić information content (AvgIpc) is 2.42. The molecule has 4 unspecified atom stereocenters. The van der Waals surface area contributed by atoms with Gasteiger partial charge in [-0.3, -0.25) is 0 Å². The van der Waals surface area contributed by atoms with Crippen molar-refractivity contribution in [2.75, 3.05) is 39.3 Å². The van der Waals surface area contributed by atoms with E-state index in [-0.39, 0.29) is 24.4 Å². The summed E-state index contributed by atoms with van der Waals surface area (Å²) in [5.41, 5.74) is 0. The van der Waals surface area contributed by atoms with E-state index in [0.717, 1.165) is 39.3 Å². The van der Waals surface area contributed by atoms with Crippen LogP contribution >= 0.6 is 0 Å². The molecule has 7 heteroatoms. The summed E-state index contributed by atoms with van der Waals surface area (Å²) in [7, 11) is 0. The monoisotopic (exact) mass is 438 g/mol. The first-order chi connectivity index (χ1) is 10.9. The predicted octanol–water partition coefficient (Wildman–Crippen LogP) is 1.71. The van der Waals surface area contributed by atoms with Crippen LogP contribution < -0.4 is 0 Å². The van der Waals surface area contributed by atoms with Gasteiger partial charge >= 0.3 is 147 Å². The zero-order chi connectivity index (χ0) is 17.0. The molecule has 6 nitrogen and oxygen atoms in total. The Kier molecular flexibility index (Phi) is 7.59. The molecule has 0 aliphatic carbocycles. The fraction of sp³-hybridized carbons (Fsp3) is 1.00. The molecule has 2 aliphatic rings. The van der Waals surface area contributed by atoms with Crippen molar-refractivity contribution in [2.45, 2.75) is 66.0 Å². The van der Waals surface area contributed by atoms with Crippen molar-refractivity contribution in [3.8, 4) is 0 Å². The summed E-state index contributed by atoms with van der Waals surface area (Å²) in [4.78, 5) is 4.73. The standard InChI is InChI=1S/2C8H17NO2.Sn/c2*1-4-9(5-7(2)10)6-8(3)11;/h2*7-8H,4-6H2,1-3H3;/q2*-2;+4. The Balaban J connectivity index is 2.16. The van der Waals surface area contributed by atoms with Gasteiger partial charge in [0.15, 0.2) is 0 Å². The van der Waals surface area contributed by atoms with Gasteiger partial charge in [-0.15, -0.1) is 0 Å². The Morgan fingerprint density at radius 3 is 1.13 bits per heavy atom. The van der Waals surface area contributed by atoms with Gasteiger partial charge in [0.05, 0.1) is 0 Å². The molecule has 0 radical (unpaired) electrons. The first kappa shape index (κ1) is 19.9. The fourth-order valence-corrected chi connectivity index (χ4v) is 10.8. The van der Waals surface area contributed by atoms with Crippen LogP contribution in [-0.2, 0) is 12.3 Å².